The van der Waals surface area contributed by atoms with Crippen LogP contribution in [0.3, 0.4) is 0 Å². The van der Waals surface area contributed by atoms with Crippen LogP contribution in [0.4, 0.5) is 5.69 Å². The van der Waals surface area contributed by atoms with Crippen molar-refractivity contribution < 1.29 is 9.53 Å². The van der Waals surface area contributed by atoms with Gasteiger partial charge in [-0.1, -0.05) is 6.07 Å². The molecule has 0 spiro atoms. The minimum absolute atomic E-state index is 0.0760. The van der Waals surface area contributed by atoms with Gasteiger partial charge in [0.2, 0.25) is 5.91 Å². The van der Waals surface area contributed by atoms with Gasteiger partial charge in [-0.2, -0.15) is 12.6 Å². The van der Waals surface area contributed by atoms with Crippen LogP contribution < -0.4 is 9.64 Å². The van der Waals surface area contributed by atoms with Crippen LogP contribution >= 0.6 is 28.6 Å². The highest BCUT2D eigenvalue weighted by Crippen LogP contribution is 2.28. The predicted molar refractivity (Wildman–Crippen MR) is 86.0 cm³/mol. The van der Waals surface area contributed by atoms with Crippen LogP contribution in [0.25, 0.3) is 0 Å². The smallest absolute Gasteiger partial charge is 0.321 e. The third-order valence-corrected chi connectivity index (χ3v) is 3.80. The summed E-state index contributed by atoms with van der Waals surface area (Å²) in [6.45, 7) is 0.611. The second kappa shape index (κ2) is 6.03. The molecule has 1 aromatic heterocycles. The number of amides is 1. The molecule has 1 fully saturated rings. The first-order chi connectivity index (χ1) is 10.1. The maximum atomic E-state index is 11.9. The second-order valence-corrected chi connectivity index (χ2v) is 6.29. The maximum Gasteiger partial charge on any atom is 0.321 e. The Hall–Kier alpha value is -1.60. The summed E-state index contributed by atoms with van der Waals surface area (Å²) in [5.74, 6) is 0.664. The Morgan fingerprint density at radius 1 is 1.33 bits per heavy atom. The molecule has 0 radical (unpaired) electrons. The quantitative estimate of drug-likeness (QED) is 0.849. The van der Waals surface area contributed by atoms with E-state index in [9.17, 15) is 4.79 Å². The molecule has 5 nitrogen and oxygen atoms in total. The van der Waals surface area contributed by atoms with E-state index in [4.69, 9.17) is 4.74 Å². The Balaban J connectivity index is 1.80. The zero-order valence-electron chi connectivity index (χ0n) is 10.9. The predicted octanol–water partition coefficient (Wildman–Crippen LogP) is 3.07. The van der Waals surface area contributed by atoms with Crippen molar-refractivity contribution in [3.05, 3.63) is 41.1 Å². The van der Waals surface area contributed by atoms with Crippen LogP contribution in [0.2, 0.25) is 0 Å². The molecule has 1 aromatic carbocycles. The Kier molecular flexibility index (Phi) is 4.12. The first-order valence-electron chi connectivity index (χ1n) is 6.36. The molecule has 7 heteroatoms. The summed E-state index contributed by atoms with van der Waals surface area (Å²) in [6, 6.07) is 7.57. The highest BCUT2D eigenvalue weighted by molar-refractivity contribution is 9.10. The third kappa shape index (κ3) is 3.36. The zero-order chi connectivity index (χ0) is 14.8. The fourth-order valence-corrected chi connectivity index (χ4v) is 2.64. The number of aromatic nitrogens is 2. The molecular weight excluding hydrogens is 354 g/mol. The van der Waals surface area contributed by atoms with Crippen LogP contribution in [0.5, 0.6) is 11.8 Å². The average molecular weight is 366 g/mol. The molecule has 0 saturated carbocycles. The highest BCUT2D eigenvalue weighted by atomic mass is 79.9. The number of carbonyl (C=O) groups is 1. The first kappa shape index (κ1) is 14.3. The van der Waals surface area contributed by atoms with E-state index in [1.807, 2.05) is 12.1 Å². The second-order valence-electron chi connectivity index (χ2n) is 4.65. The molecule has 0 aliphatic carbocycles. The normalized spacial score (nSPS) is 18.1. The van der Waals surface area contributed by atoms with Gasteiger partial charge in [-0.25, -0.2) is 9.97 Å². The minimum atomic E-state index is 0.0760. The molecule has 21 heavy (non-hydrogen) atoms. The van der Waals surface area contributed by atoms with Gasteiger partial charge in [0.05, 0.1) is 4.47 Å². The molecule has 1 aliphatic heterocycles. The summed E-state index contributed by atoms with van der Waals surface area (Å²) in [6.07, 6.45) is 3.69. The van der Waals surface area contributed by atoms with Crippen molar-refractivity contribution in [3.63, 3.8) is 0 Å². The van der Waals surface area contributed by atoms with Crippen LogP contribution in [0.15, 0.2) is 41.1 Å². The number of hydrogen-bond acceptors (Lipinski definition) is 5. The van der Waals surface area contributed by atoms with Gasteiger partial charge in [-0.05, 0) is 28.1 Å². The summed E-state index contributed by atoms with van der Waals surface area (Å²) in [7, 11) is 0. The summed E-state index contributed by atoms with van der Waals surface area (Å²) in [5.41, 5.74) is 0.797. The molecule has 2 heterocycles. The van der Waals surface area contributed by atoms with Crippen LogP contribution in [0, 0.1) is 0 Å². The Labute approximate surface area is 135 Å². The summed E-state index contributed by atoms with van der Waals surface area (Å²) < 4.78 is 6.38. The topological polar surface area (TPSA) is 55.3 Å². The van der Waals surface area contributed by atoms with Crippen molar-refractivity contribution in [2.24, 2.45) is 0 Å². The number of hydrogen-bond donors (Lipinski definition) is 1. The van der Waals surface area contributed by atoms with Gasteiger partial charge in [0.15, 0.2) is 0 Å². The monoisotopic (exact) mass is 365 g/mol. The molecule has 1 atom stereocenters. The lowest BCUT2D eigenvalue weighted by atomic mass is 10.3. The van der Waals surface area contributed by atoms with Crippen molar-refractivity contribution >= 4 is 40.2 Å². The lowest BCUT2D eigenvalue weighted by Crippen LogP contribution is -2.24. The minimum Gasteiger partial charge on any atom is -0.424 e. The number of carbonyl (C=O) groups excluding carboxylic acids is 1. The third-order valence-electron chi connectivity index (χ3n) is 3.04. The number of ether oxygens (including phenoxy) is 1. The van der Waals surface area contributed by atoms with Crippen molar-refractivity contribution in [1.82, 2.24) is 9.97 Å². The number of benzene rings is 1. The van der Waals surface area contributed by atoms with Gasteiger partial charge < -0.3 is 9.64 Å². The van der Waals surface area contributed by atoms with Crippen molar-refractivity contribution in [3.8, 4) is 11.8 Å². The molecule has 2 aromatic rings. The molecule has 0 bridgehead atoms. The fraction of sp³-hybridized carbons (Fsp3) is 0.214. The standard InChI is InChI=1S/C14H12BrN3O2S/c15-9-6-16-14(17-7-9)20-11-3-1-2-10(4-11)18-8-12(21)5-13(18)19/h1-4,6-7,12,21H,5,8H2. The number of nitrogens with zero attached hydrogens (tertiary/aromatic N) is 3. The van der Waals surface area contributed by atoms with E-state index in [0.717, 1.165) is 10.2 Å². The van der Waals surface area contributed by atoms with Gasteiger partial charge in [0.25, 0.3) is 0 Å². The molecule has 1 aliphatic rings. The van der Waals surface area contributed by atoms with Gasteiger partial charge >= 0.3 is 6.01 Å². The van der Waals surface area contributed by atoms with E-state index in [-0.39, 0.29) is 17.2 Å². The van der Waals surface area contributed by atoms with Crippen LogP contribution in [-0.4, -0.2) is 27.7 Å². The van der Waals surface area contributed by atoms with E-state index in [2.05, 4.69) is 38.5 Å². The van der Waals surface area contributed by atoms with E-state index in [0.29, 0.717) is 18.7 Å². The van der Waals surface area contributed by atoms with E-state index in [1.54, 1.807) is 29.4 Å². The lowest BCUT2D eigenvalue weighted by Gasteiger charge is -2.16. The van der Waals surface area contributed by atoms with E-state index >= 15 is 0 Å². The van der Waals surface area contributed by atoms with Crippen molar-refractivity contribution in [2.45, 2.75) is 11.7 Å². The van der Waals surface area contributed by atoms with Gasteiger partial charge in [-0.3, -0.25) is 4.79 Å². The zero-order valence-corrected chi connectivity index (χ0v) is 13.4. The SMILES string of the molecule is O=C1CC(S)CN1c1cccc(Oc2ncc(Br)cn2)c1. The molecule has 1 amide bonds. The Morgan fingerprint density at radius 2 is 2.10 bits per heavy atom. The maximum absolute atomic E-state index is 11.9. The van der Waals surface area contributed by atoms with Gasteiger partial charge in [0.1, 0.15) is 5.75 Å². The average Bonchev–Trinajstić information content (AvgIpc) is 2.81. The summed E-state index contributed by atoms with van der Waals surface area (Å²) >= 11 is 7.63. The molecule has 0 N–H and O–H groups in total. The summed E-state index contributed by atoms with van der Waals surface area (Å²) in [4.78, 5) is 21.7. The molecule has 1 unspecified atom stereocenters. The summed E-state index contributed by atoms with van der Waals surface area (Å²) in [5, 5.41) is 0.0804. The van der Waals surface area contributed by atoms with Gasteiger partial charge in [-0.15, -0.1) is 0 Å². The van der Waals surface area contributed by atoms with Crippen molar-refractivity contribution in [1.29, 1.82) is 0 Å². The van der Waals surface area contributed by atoms with Crippen LogP contribution in [-0.2, 0) is 4.79 Å². The van der Waals surface area contributed by atoms with Crippen molar-refractivity contribution in [2.75, 3.05) is 11.4 Å². The molecule has 1 saturated heterocycles. The van der Waals surface area contributed by atoms with E-state index in [1.165, 1.54) is 0 Å². The fourth-order valence-electron chi connectivity index (χ4n) is 2.11. The molecule has 3 rings (SSSR count). The molecular formula is C14H12BrN3O2S. The first-order valence-corrected chi connectivity index (χ1v) is 7.66. The molecule has 108 valence electrons. The van der Waals surface area contributed by atoms with E-state index < -0.39 is 0 Å². The number of halogens is 1. The highest BCUT2D eigenvalue weighted by Gasteiger charge is 2.28. The number of anilines is 1. The largest absolute Gasteiger partial charge is 0.424 e. The lowest BCUT2D eigenvalue weighted by molar-refractivity contribution is -0.117. The number of thiol groups is 1. The van der Waals surface area contributed by atoms with Gasteiger partial charge in [0, 0.05) is 42.4 Å². The Bertz CT molecular complexity index is 666. The van der Waals surface area contributed by atoms with Crippen LogP contribution in [0.1, 0.15) is 6.42 Å². The Morgan fingerprint density at radius 3 is 2.76 bits per heavy atom. The number of rotatable bonds is 3.